The third-order valence-electron chi connectivity index (χ3n) is 3.31. The van der Waals surface area contributed by atoms with E-state index in [9.17, 15) is 0 Å². The Bertz CT molecular complexity index is 582. The van der Waals surface area contributed by atoms with Crippen LogP contribution in [0.15, 0.2) is 28.7 Å². The molecule has 0 saturated carbocycles. The Labute approximate surface area is 130 Å². The second-order valence-corrected chi connectivity index (χ2v) is 6.17. The van der Waals surface area contributed by atoms with Crippen molar-refractivity contribution in [1.82, 2.24) is 15.5 Å². The summed E-state index contributed by atoms with van der Waals surface area (Å²) in [5.41, 5.74) is 1.06. The minimum absolute atomic E-state index is 0.0234. The van der Waals surface area contributed by atoms with Crippen LogP contribution >= 0.6 is 11.6 Å². The molecule has 1 heterocycles. The first kappa shape index (κ1) is 16.0. The predicted octanol–water partition coefficient (Wildman–Crippen LogP) is 4.33. The van der Waals surface area contributed by atoms with Crippen molar-refractivity contribution in [3.63, 3.8) is 0 Å². The molecule has 5 heteroatoms. The molecule has 0 bridgehead atoms. The topological polar surface area (TPSA) is 51.0 Å². The molecular formula is C16H22ClN3O. The molecule has 0 aliphatic heterocycles. The molecule has 1 N–H and O–H groups in total. The molecule has 0 saturated heterocycles. The van der Waals surface area contributed by atoms with Crippen molar-refractivity contribution in [2.45, 2.75) is 46.2 Å². The van der Waals surface area contributed by atoms with E-state index in [-0.39, 0.29) is 12.1 Å². The van der Waals surface area contributed by atoms with Gasteiger partial charge in [-0.05, 0) is 31.4 Å². The lowest BCUT2D eigenvalue weighted by Gasteiger charge is -2.18. The quantitative estimate of drug-likeness (QED) is 0.863. The van der Waals surface area contributed by atoms with Gasteiger partial charge in [-0.25, -0.2) is 0 Å². The van der Waals surface area contributed by atoms with E-state index in [0.29, 0.717) is 17.7 Å². The lowest BCUT2D eigenvalue weighted by molar-refractivity contribution is 0.364. The number of benzene rings is 1. The summed E-state index contributed by atoms with van der Waals surface area (Å²) >= 11 is 6.22. The lowest BCUT2D eigenvalue weighted by atomic mass is 10.1. The predicted molar refractivity (Wildman–Crippen MR) is 84.3 cm³/mol. The summed E-state index contributed by atoms with van der Waals surface area (Å²) in [4.78, 5) is 0. The van der Waals surface area contributed by atoms with E-state index < -0.39 is 0 Å². The number of hydrogen-bond donors (Lipinski definition) is 1. The Balaban J connectivity index is 2.02. The first-order chi connectivity index (χ1) is 9.97. The SMILES string of the molecule is CC(C)Cc1nnc([C@@H](C)N[C@H](C)c2ccccc2Cl)o1. The molecule has 0 amide bonds. The van der Waals surface area contributed by atoms with Crippen LogP contribution in [0.1, 0.15) is 57.1 Å². The maximum absolute atomic E-state index is 6.22. The smallest absolute Gasteiger partial charge is 0.233 e. The van der Waals surface area contributed by atoms with Gasteiger partial charge in [-0.1, -0.05) is 43.6 Å². The molecule has 1 aromatic carbocycles. The highest BCUT2D eigenvalue weighted by Crippen LogP contribution is 2.25. The highest BCUT2D eigenvalue weighted by Gasteiger charge is 2.18. The molecule has 114 valence electrons. The maximum Gasteiger partial charge on any atom is 0.233 e. The average Bonchev–Trinajstić information content (AvgIpc) is 2.86. The number of hydrogen-bond acceptors (Lipinski definition) is 4. The van der Waals surface area contributed by atoms with Gasteiger partial charge in [0.15, 0.2) is 0 Å². The second kappa shape index (κ2) is 7.05. The fourth-order valence-electron chi connectivity index (χ4n) is 2.24. The van der Waals surface area contributed by atoms with Crippen LogP contribution in [0.2, 0.25) is 5.02 Å². The number of halogens is 1. The van der Waals surface area contributed by atoms with Crippen molar-refractivity contribution >= 4 is 11.6 Å². The van der Waals surface area contributed by atoms with Gasteiger partial charge >= 0.3 is 0 Å². The van der Waals surface area contributed by atoms with Gasteiger partial charge in [-0.3, -0.25) is 5.32 Å². The third kappa shape index (κ3) is 4.29. The Morgan fingerprint density at radius 3 is 2.48 bits per heavy atom. The largest absolute Gasteiger partial charge is 0.424 e. The van der Waals surface area contributed by atoms with Crippen LogP contribution in [0, 0.1) is 5.92 Å². The van der Waals surface area contributed by atoms with Gasteiger partial charge < -0.3 is 4.42 Å². The first-order valence-corrected chi connectivity index (χ1v) is 7.68. The van der Waals surface area contributed by atoms with Crippen LogP contribution < -0.4 is 5.32 Å². The van der Waals surface area contributed by atoms with Crippen molar-refractivity contribution in [2.75, 3.05) is 0 Å². The molecule has 0 spiro atoms. The minimum atomic E-state index is -0.0234. The zero-order chi connectivity index (χ0) is 15.4. The van der Waals surface area contributed by atoms with Gasteiger partial charge in [0.1, 0.15) is 0 Å². The van der Waals surface area contributed by atoms with Gasteiger partial charge in [0.25, 0.3) is 0 Å². The Morgan fingerprint density at radius 1 is 1.10 bits per heavy atom. The number of nitrogens with one attached hydrogen (secondary N) is 1. The van der Waals surface area contributed by atoms with Crippen LogP contribution in [0.5, 0.6) is 0 Å². The van der Waals surface area contributed by atoms with Crippen molar-refractivity contribution in [3.05, 3.63) is 46.6 Å². The van der Waals surface area contributed by atoms with E-state index in [1.54, 1.807) is 0 Å². The molecule has 0 fully saturated rings. The van der Waals surface area contributed by atoms with Gasteiger partial charge in [0, 0.05) is 17.5 Å². The maximum atomic E-state index is 6.22. The van der Waals surface area contributed by atoms with Crippen molar-refractivity contribution in [3.8, 4) is 0 Å². The van der Waals surface area contributed by atoms with Crippen LogP contribution in [-0.2, 0) is 6.42 Å². The molecule has 4 nitrogen and oxygen atoms in total. The average molecular weight is 308 g/mol. The molecule has 2 rings (SSSR count). The summed E-state index contributed by atoms with van der Waals surface area (Å²) < 4.78 is 5.71. The highest BCUT2D eigenvalue weighted by atomic mass is 35.5. The Kier molecular flexibility index (Phi) is 5.37. The summed E-state index contributed by atoms with van der Waals surface area (Å²) in [7, 11) is 0. The number of nitrogens with zero attached hydrogens (tertiary/aromatic N) is 2. The van der Waals surface area contributed by atoms with Crippen molar-refractivity contribution in [1.29, 1.82) is 0 Å². The second-order valence-electron chi connectivity index (χ2n) is 5.76. The summed E-state index contributed by atoms with van der Waals surface area (Å²) in [5, 5.41) is 12.4. The van der Waals surface area contributed by atoms with Crippen LogP contribution in [-0.4, -0.2) is 10.2 Å². The first-order valence-electron chi connectivity index (χ1n) is 7.30. The van der Waals surface area contributed by atoms with E-state index in [0.717, 1.165) is 17.0 Å². The van der Waals surface area contributed by atoms with Gasteiger partial charge in [-0.15, -0.1) is 10.2 Å². The zero-order valence-corrected chi connectivity index (χ0v) is 13.7. The number of rotatable bonds is 6. The molecule has 0 aliphatic carbocycles. The molecule has 2 aromatic rings. The standard InChI is InChI=1S/C16H22ClN3O/c1-10(2)9-15-19-20-16(21-15)12(4)18-11(3)13-7-5-6-8-14(13)17/h5-8,10-12,18H,9H2,1-4H3/t11-,12-/m1/s1. The summed E-state index contributed by atoms with van der Waals surface area (Å²) in [6.07, 6.45) is 0.805. The molecule has 1 aromatic heterocycles. The van der Waals surface area contributed by atoms with E-state index in [2.05, 4.69) is 36.3 Å². The highest BCUT2D eigenvalue weighted by molar-refractivity contribution is 6.31. The lowest BCUT2D eigenvalue weighted by Crippen LogP contribution is -2.23. The summed E-state index contributed by atoms with van der Waals surface area (Å²) in [6.45, 7) is 8.35. The van der Waals surface area contributed by atoms with E-state index in [4.69, 9.17) is 16.0 Å². The third-order valence-corrected chi connectivity index (χ3v) is 3.65. The Morgan fingerprint density at radius 2 is 1.81 bits per heavy atom. The van der Waals surface area contributed by atoms with Crippen LogP contribution in [0.3, 0.4) is 0 Å². The number of aromatic nitrogens is 2. The Hall–Kier alpha value is -1.39. The molecule has 0 aliphatic rings. The zero-order valence-electron chi connectivity index (χ0n) is 12.9. The summed E-state index contributed by atoms with van der Waals surface area (Å²) in [5.74, 6) is 1.81. The molecular weight excluding hydrogens is 286 g/mol. The van der Waals surface area contributed by atoms with Gasteiger partial charge in [0.05, 0.1) is 6.04 Å². The van der Waals surface area contributed by atoms with Crippen molar-refractivity contribution in [2.24, 2.45) is 5.92 Å². The fraction of sp³-hybridized carbons (Fsp3) is 0.500. The molecule has 0 radical (unpaired) electrons. The summed E-state index contributed by atoms with van der Waals surface area (Å²) in [6, 6.07) is 7.91. The van der Waals surface area contributed by atoms with E-state index in [1.807, 2.05) is 31.2 Å². The van der Waals surface area contributed by atoms with Gasteiger partial charge in [0.2, 0.25) is 11.8 Å². The normalized spacial score (nSPS) is 14.4. The monoisotopic (exact) mass is 307 g/mol. The molecule has 0 unspecified atom stereocenters. The van der Waals surface area contributed by atoms with E-state index >= 15 is 0 Å². The molecule has 21 heavy (non-hydrogen) atoms. The van der Waals surface area contributed by atoms with Crippen LogP contribution in [0.4, 0.5) is 0 Å². The van der Waals surface area contributed by atoms with Crippen LogP contribution in [0.25, 0.3) is 0 Å². The molecule has 2 atom stereocenters. The minimum Gasteiger partial charge on any atom is -0.424 e. The van der Waals surface area contributed by atoms with Crippen molar-refractivity contribution < 1.29 is 4.42 Å². The van der Waals surface area contributed by atoms with Gasteiger partial charge in [-0.2, -0.15) is 0 Å². The van der Waals surface area contributed by atoms with E-state index in [1.165, 1.54) is 0 Å². The fourth-order valence-corrected chi connectivity index (χ4v) is 2.54.